The molecule has 1 fully saturated rings. The van der Waals surface area contributed by atoms with Crippen molar-refractivity contribution in [2.45, 2.75) is 53.0 Å². The first kappa shape index (κ1) is 13.0. The van der Waals surface area contributed by atoms with Gasteiger partial charge in [0.15, 0.2) is 0 Å². The highest BCUT2D eigenvalue weighted by Gasteiger charge is 2.25. The molecule has 1 rings (SSSR count). The number of hydrogen-bond acceptors (Lipinski definition) is 2. The Balaban J connectivity index is 2.38. The number of piperidine rings is 1. The van der Waals surface area contributed by atoms with Crippen molar-refractivity contribution in [3.05, 3.63) is 0 Å². The third kappa shape index (κ3) is 4.52. The SMILES string of the molecule is CC1CCC(CN)CN1CCC(C)(C)C. The number of hydrogen-bond donors (Lipinski definition) is 1. The molecule has 0 aromatic heterocycles. The Hall–Kier alpha value is -0.0800. The lowest BCUT2D eigenvalue weighted by Gasteiger charge is -2.38. The second-order valence-electron chi connectivity index (χ2n) is 6.33. The van der Waals surface area contributed by atoms with Gasteiger partial charge in [-0.3, -0.25) is 0 Å². The Morgan fingerprint density at radius 2 is 1.93 bits per heavy atom. The highest BCUT2D eigenvalue weighted by atomic mass is 15.2. The molecule has 2 nitrogen and oxygen atoms in total. The molecule has 0 amide bonds. The van der Waals surface area contributed by atoms with Crippen LogP contribution in [0.1, 0.15) is 47.0 Å². The van der Waals surface area contributed by atoms with Gasteiger partial charge >= 0.3 is 0 Å². The van der Waals surface area contributed by atoms with E-state index in [1.165, 1.54) is 32.4 Å². The average molecular weight is 212 g/mol. The van der Waals surface area contributed by atoms with Crippen LogP contribution in [0.3, 0.4) is 0 Å². The van der Waals surface area contributed by atoms with Crippen molar-refractivity contribution in [3.63, 3.8) is 0 Å². The molecule has 2 unspecified atom stereocenters. The van der Waals surface area contributed by atoms with Gasteiger partial charge in [0.2, 0.25) is 0 Å². The maximum absolute atomic E-state index is 5.77. The smallest absolute Gasteiger partial charge is 0.00671 e. The summed E-state index contributed by atoms with van der Waals surface area (Å²) in [6, 6.07) is 0.759. The van der Waals surface area contributed by atoms with Gasteiger partial charge in [0.05, 0.1) is 0 Å². The van der Waals surface area contributed by atoms with Crippen LogP contribution in [0, 0.1) is 11.3 Å². The highest BCUT2D eigenvalue weighted by molar-refractivity contribution is 4.80. The van der Waals surface area contributed by atoms with E-state index in [9.17, 15) is 0 Å². The Labute approximate surface area is 95.2 Å². The van der Waals surface area contributed by atoms with Crippen LogP contribution in [-0.2, 0) is 0 Å². The Kier molecular flexibility index (Phi) is 4.60. The van der Waals surface area contributed by atoms with Crippen molar-refractivity contribution < 1.29 is 0 Å². The van der Waals surface area contributed by atoms with E-state index in [2.05, 4.69) is 32.6 Å². The van der Waals surface area contributed by atoms with Gasteiger partial charge in [-0.05, 0) is 50.6 Å². The van der Waals surface area contributed by atoms with E-state index in [0.29, 0.717) is 5.41 Å². The van der Waals surface area contributed by atoms with E-state index in [1.807, 2.05) is 0 Å². The maximum atomic E-state index is 5.77. The number of likely N-dealkylation sites (tertiary alicyclic amines) is 1. The predicted molar refractivity (Wildman–Crippen MR) is 66.9 cm³/mol. The number of nitrogens with two attached hydrogens (primary N) is 1. The molecule has 15 heavy (non-hydrogen) atoms. The minimum atomic E-state index is 0.454. The van der Waals surface area contributed by atoms with E-state index in [-0.39, 0.29) is 0 Å². The summed E-state index contributed by atoms with van der Waals surface area (Å²) in [4.78, 5) is 2.63. The molecule has 0 aromatic carbocycles. The molecule has 0 aliphatic carbocycles. The van der Waals surface area contributed by atoms with Gasteiger partial charge in [0.25, 0.3) is 0 Å². The van der Waals surface area contributed by atoms with Crippen molar-refractivity contribution in [2.75, 3.05) is 19.6 Å². The quantitative estimate of drug-likeness (QED) is 0.779. The van der Waals surface area contributed by atoms with Crippen LogP contribution in [0.15, 0.2) is 0 Å². The lowest BCUT2D eigenvalue weighted by atomic mass is 9.89. The lowest BCUT2D eigenvalue weighted by molar-refractivity contribution is 0.106. The Morgan fingerprint density at radius 3 is 2.47 bits per heavy atom. The molecule has 1 aliphatic heterocycles. The first-order valence-corrected chi connectivity index (χ1v) is 6.36. The Bertz CT molecular complexity index is 183. The van der Waals surface area contributed by atoms with Crippen LogP contribution in [-0.4, -0.2) is 30.6 Å². The van der Waals surface area contributed by atoms with Gasteiger partial charge in [0, 0.05) is 12.6 Å². The summed E-state index contributed by atoms with van der Waals surface area (Å²) >= 11 is 0. The van der Waals surface area contributed by atoms with Gasteiger partial charge in [-0.15, -0.1) is 0 Å². The molecule has 2 atom stereocenters. The van der Waals surface area contributed by atoms with Gasteiger partial charge in [-0.25, -0.2) is 0 Å². The van der Waals surface area contributed by atoms with E-state index in [4.69, 9.17) is 5.73 Å². The summed E-state index contributed by atoms with van der Waals surface area (Å²) in [7, 11) is 0. The van der Waals surface area contributed by atoms with Crippen molar-refractivity contribution in [1.29, 1.82) is 0 Å². The maximum Gasteiger partial charge on any atom is 0.00671 e. The third-order valence-corrected chi connectivity index (χ3v) is 3.59. The largest absolute Gasteiger partial charge is 0.330 e. The summed E-state index contributed by atoms with van der Waals surface area (Å²) in [6.45, 7) is 12.6. The first-order chi connectivity index (χ1) is 6.92. The molecule has 1 saturated heterocycles. The lowest BCUT2D eigenvalue weighted by Crippen LogP contribution is -2.44. The minimum Gasteiger partial charge on any atom is -0.330 e. The summed E-state index contributed by atoms with van der Waals surface area (Å²) in [5.41, 5.74) is 6.22. The van der Waals surface area contributed by atoms with Gasteiger partial charge in [0.1, 0.15) is 0 Å². The molecule has 1 aliphatic rings. The van der Waals surface area contributed by atoms with Crippen LogP contribution in [0.5, 0.6) is 0 Å². The zero-order valence-electron chi connectivity index (χ0n) is 10.9. The topological polar surface area (TPSA) is 29.3 Å². The van der Waals surface area contributed by atoms with Crippen molar-refractivity contribution in [2.24, 2.45) is 17.1 Å². The molecule has 2 heteroatoms. The highest BCUT2D eigenvalue weighted by Crippen LogP contribution is 2.24. The summed E-state index contributed by atoms with van der Waals surface area (Å²) < 4.78 is 0. The van der Waals surface area contributed by atoms with Gasteiger partial charge in [-0.2, -0.15) is 0 Å². The summed E-state index contributed by atoms with van der Waals surface area (Å²) in [5.74, 6) is 0.737. The molecule has 1 heterocycles. The average Bonchev–Trinajstić information content (AvgIpc) is 2.15. The predicted octanol–water partition coefficient (Wildman–Crippen LogP) is 2.48. The number of rotatable bonds is 3. The monoisotopic (exact) mass is 212 g/mol. The van der Waals surface area contributed by atoms with Crippen LogP contribution < -0.4 is 5.73 Å². The normalized spacial score (nSPS) is 29.4. The van der Waals surface area contributed by atoms with E-state index >= 15 is 0 Å². The fraction of sp³-hybridized carbons (Fsp3) is 1.00. The van der Waals surface area contributed by atoms with Crippen LogP contribution in [0.25, 0.3) is 0 Å². The fourth-order valence-electron chi connectivity index (χ4n) is 2.25. The Morgan fingerprint density at radius 1 is 1.27 bits per heavy atom. The summed E-state index contributed by atoms with van der Waals surface area (Å²) in [5, 5.41) is 0. The van der Waals surface area contributed by atoms with E-state index in [0.717, 1.165) is 18.5 Å². The molecule has 90 valence electrons. The van der Waals surface area contributed by atoms with Crippen LogP contribution in [0.4, 0.5) is 0 Å². The number of nitrogens with zero attached hydrogens (tertiary/aromatic N) is 1. The van der Waals surface area contributed by atoms with E-state index < -0.39 is 0 Å². The van der Waals surface area contributed by atoms with Crippen LogP contribution in [0.2, 0.25) is 0 Å². The standard InChI is InChI=1S/C13H28N2/c1-11-5-6-12(9-14)10-15(11)8-7-13(2,3)4/h11-12H,5-10,14H2,1-4H3. The second-order valence-corrected chi connectivity index (χ2v) is 6.33. The van der Waals surface area contributed by atoms with E-state index in [1.54, 1.807) is 0 Å². The molecule has 0 radical (unpaired) electrons. The van der Waals surface area contributed by atoms with Crippen molar-refractivity contribution >= 4 is 0 Å². The van der Waals surface area contributed by atoms with Crippen molar-refractivity contribution in [3.8, 4) is 0 Å². The minimum absolute atomic E-state index is 0.454. The second kappa shape index (κ2) is 5.31. The molecule has 2 N–H and O–H groups in total. The fourth-order valence-corrected chi connectivity index (χ4v) is 2.25. The van der Waals surface area contributed by atoms with Crippen LogP contribution >= 0.6 is 0 Å². The zero-order valence-corrected chi connectivity index (χ0v) is 10.9. The zero-order chi connectivity index (χ0) is 11.5. The molecular formula is C13H28N2. The molecule has 0 bridgehead atoms. The molecule has 0 aromatic rings. The molecule has 0 spiro atoms. The third-order valence-electron chi connectivity index (χ3n) is 3.59. The van der Waals surface area contributed by atoms with Crippen molar-refractivity contribution in [1.82, 2.24) is 4.90 Å². The van der Waals surface area contributed by atoms with Gasteiger partial charge in [-0.1, -0.05) is 20.8 Å². The molecule has 0 saturated carbocycles. The first-order valence-electron chi connectivity index (χ1n) is 6.36. The molecular weight excluding hydrogens is 184 g/mol. The van der Waals surface area contributed by atoms with Gasteiger partial charge < -0.3 is 10.6 Å². The summed E-state index contributed by atoms with van der Waals surface area (Å²) in [6.07, 6.45) is 3.93.